The Bertz CT molecular complexity index is 417. The molecule has 2 unspecified atom stereocenters. The van der Waals surface area contributed by atoms with Gasteiger partial charge in [-0.25, -0.2) is 4.98 Å². The van der Waals surface area contributed by atoms with Crippen LogP contribution in [-0.4, -0.2) is 34.9 Å². The molecule has 4 heteroatoms. The molecule has 92 valence electrons. The molecule has 1 aromatic heterocycles. The molecule has 2 atom stereocenters. The first-order valence-corrected chi connectivity index (χ1v) is 6.06. The molecule has 1 aromatic rings. The summed E-state index contributed by atoms with van der Waals surface area (Å²) in [5.41, 5.74) is 7.28. The van der Waals surface area contributed by atoms with E-state index < -0.39 is 0 Å². The molecule has 0 radical (unpaired) electrons. The fraction of sp³-hybridized carbons (Fsp3) is 0.538. The maximum absolute atomic E-state index is 12.2. The monoisotopic (exact) mass is 233 g/mol. The van der Waals surface area contributed by atoms with Crippen LogP contribution in [0.2, 0.25) is 0 Å². The van der Waals surface area contributed by atoms with Gasteiger partial charge < -0.3 is 10.6 Å². The van der Waals surface area contributed by atoms with Gasteiger partial charge in [-0.2, -0.15) is 0 Å². The standard InChI is InChI=1S/C13H19N3O/c1-9-4-3-5-12(15-9)13(17)16-7-6-11(8-16)10(2)14/h3-5,10-11H,6-8,14H2,1-2H3. The second-order valence-corrected chi connectivity index (χ2v) is 4.82. The lowest BCUT2D eigenvalue weighted by molar-refractivity contribution is 0.0780. The van der Waals surface area contributed by atoms with Gasteiger partial charge in [-0.1, -0.05) is 6.07 Å². The van der Waals surface area contributed by atoms with E-state index in [0.29, 0.717) is 11.6 Å². The van der Waals surface area contributed by atoms with Crippen LogP contribution in [0.5, 0.6) is 0 Å². The number of hydrogen-bond donors (Lipinski definition) is 1. The van der Waals surface area contributed by atoms with Crippen molar-refractivity contribution in [3.05, 3.63) is 29.6 Å². The van der Waals surface area contributed by atoms with E-state index >= 15 is 0 Å². The van der Waals surface area contributed by atoms with Crippen molar-refractivity contribution in [2.45, 2.75) is 26.3 Å². The van der Waals surface area contributed by atoms with Crippen LogP contribution < -0.4 is 5.73 Å². The molecule has 1 fully saturated rings. The van der Waals surface area contributed by atoms with E-state index in [-0.39, 0.29) is 11.9 Å². The molecular formula is C13H19N3O. The molecule has 4 nitrogen and oxygen atoms in total. The molecule has 2 rings (SSSR count). The molecule has 2 N–H and O–H groups in total. The van der Waals surface area contributed by atoms with Gasteiger partial charge in [0.15, 0.2) is 0 Å². The Morgan fingerprint density at radius 3 is 2.94 bits per heavy atom. The Morgan fingerprint density at radius 2 is 2.35 bits per heavy atom. The SMILES string of the molecule is Cc1cccc(C(=O)N2CCC(C(C)N)C2)n1. The number of hydrogen-bond acceptors (Lipinski definition) is 3. The normalized spacial score (nSPS) is 21.6. The van der Waals surface area contributed by atoms with Crippen molar-refractivity contribution in [1.82, 2.24) is 9.88 Å². The third-order valence-electron chi connectivity index (χ3n) is 3.36. The van der Waals surface area contributed by atoms with E-state index in [9.17, 15) is 4.79 Å². The largest absolute Gasteiger partial charge is 0.337 e. The molecule has 1 aliphatic rings. The van der Waals surface area contributed by atoms with Gasteiger partial charge in [-0.3, -0.25) is 4.79 Å². The van der Waals surface area contributed by atoms with Crippen LogP contribution in [0.1, 0.15) is 29.5 Å². The van der Waals surface area contributed by atoms with Crippen LogP contribution in [0.25, 0.3) is 0 Å². The minimum atomic E-state index is 0.0249. The molecule has 0 bridgehead atoms. The zero-order valence-electron chi connectivity index (χ0n) is 10.4. The van der Waals surface area contributed by atoms with Crippen molar-refractivity contribution in [2.24, 2.45) is 11.7 Å². The third-order valence-corrected chi connectivity index (χ3v) is 3.36. The van der Waals surface area contributed by atoms with Gasteiger partial charge >= 0.3 is 0 Å². The minimum Gasteiger partial charge on any atom is -0.337 e. The number of pyridine rings is 1. The van der Waals surface area contributed by atoms with E-state index in [1.807, 2.05) is 30.9 Å². The van der Waals surface area contributed by atoms with Gasteiger partial charge in [0.1, 0.15) is 5.69 Å². The number of nitrogens with two attached hydrogens (primary N) is 1. The summed E-state index contributed by atoms with van der Waals surface area (Å²) in [6.45, 7) is 5.45. The fourth-order valence-corrected chi connectivity index (χ4v) is 2.23. The van der Waals surface area contributed by atoms with Gasteiger partial charge in [0.25, 0.3) is 5.91 Å². The summed E-state index contributed by atoms with van der Waals surface area (Å²) in [6.07, 6.45) is 0.995. The Balaban J connectivity index is 2.07. The maximum atomic E-state index is 12.2. The van der Waals surface area contributed by atoms with Crippen LogP contribution in [0.4, 0.5) is 0 Å². The molecule has 2 heterocycles. The number of aryl methyl sites for hydroxylation is 1. The van der Waals surface area contributed by atoms with Gasteiger partial charge in [-0.05, 0) is 38.3 Å². The molecule has 0 aliphatic carbocycles. The lowest BCUT2D eigenvalue weighted by Gasteiger charge is -2.17. The fourth-order valence-electron chi connectivity index (χ4n) is 2.23. The number of rotatable bonds is 2. The number of carbonyl (C=O) groups is 1. The number of carbonyl (C=O) groups excluding carboxylic acids is 1. The Morgan fingerprint density at radius 1 is 1.59 bits per heavy atom. The third kappa shape index (κ3) is 2.64. The summed E-state index contributed by atoms with van der Waals surface area (Å²) in [4.78, 5) is 18.3. The van der Waals surface area contributed by atoms with Crippen molar-refractivity contribution in [3.8, 4) is 0 Å². The van der Waals surface area contributed by atoms with Crippen molar-refractivity contribution < 1.29 is 4.79 Å². The highest BCUT2D eigenvalue weighted by atomic mass is 16.2. The van der Waals surface area contributed by atoms with Crippen LogP contribution in [0, 0.1) is 12.8 Å². The molecule has 1 saturated heterocycles. The average Bonchev–Trinajstić information content (AvgIpc) is 2.77. The van der Waals surface area contributed by atoms with E-state index in [0.717, 1.165) is 25.2 Å². The molecule has 0 spiro atoms. The highest BCUT2D eigenvalue weighted by molar-refractivity contribution is 5.92. The number of aromatic nitrogens is 1. The van der Waals surface area contributed by atoms with E-state index in [1.165, 1.54) is 0 Å². The molecule has 1 amide bonds. The molecular weight excluding hydrogens is 214 g/mol. The first-order valence-electron chi connectivity index (χ1n) is 6.06. The number of nitrogens with zero attached hydrogens (tertiary/aromatic N) is 2. The van der Waals surface area contributed by atoms with E-state index in [4.69, 9.17) is 5.73 Å². The summed E-state index contributed by atoms with van der Waals surface area (Å²) >= 11 is 0. The lowest BCUT2D eigenvalue weighted by Crippen LogP contribution is -2.33. The highest BCUT2D eigenvalue weighted by Gasteiger charge is 2.29. The topological polar surface area (TPSA) is 59.2 Å². The second kappa shape index (κ2) is 4.84. The quantitative estimate of drug-likeness (QED) is 0.835. The number of amides is 1. The smallest absolute Gasteiger partial charge is 0.272 e. The first-order chi connectivity index (χ1) is 8.08. The molecule has 0 aromatic carbocycles. The molecule has 1 aliphatic heterocycles. The van der Waals surface area contributed by atoms with Crippen LogP contribution in [0.3, 0.4) is 0 Å². The molecule has 0 saturated carbocycles. The van der Waals surface area contributed by atoms with Crippen molar-refractivity contribution in [2.75, 3.05) is 13.1 Å². The highest BCUT2D eigenvalue weighted by Crippen LogP contribution is 2.20. The summed E-state index contributed by atoms with van der Waals surface area (Å²) in [5, 5.41) is 0. The maximum Gasteiger partial charge on any atom is 0.272 e. The summed E-state index contributed by atoms with van der Waals surface area (Å²) < 4.78 is 0. The number of likely N-dealkylation sites (tertiary alicyclic amines) is 1. The Hall–Kier alpha value is -1.42. The zero-order chi connectivity index (χ0) is 12.4. The van der Waals surface area contributed by atoms with Crippen molar-refractivity contribution in [1.29, 1.82) is 0 Å². The minimum absolute atomic E-state index is 0.0249. The summed E-state index contributed by atoms with van der Waals surface area (Å²) in [7, 11) is 0. The predicted octanol–water partition coefficient (Wildman–Crippen LogP) is 1.20. The lowest BCUT2D eigenvalue weighted by atomic mass is 10.0. The van der Waals surface area contributed by atoms with Crippen LogP contribution >= 0.6 is 0 Å². The van der Waals surface area contributed by atoms with E-state index in [1.54, 1.807) is 6.07 Å². The van der Waals surface area contributed by atoms with Gasteiger partial charge in [0, 0.05) is 24.8 Å². The van der Waals surface area contributed by atoms with Crippen LogP contribution in [0.15, 0.2) is 18.2 Å². The van der Waals surface area contributed by atoms with Crippen molar-refractivity contribution in [3.63, 3.8) is 0 Å². The van der Waals surface area contributed by atoms with Gasteiger partial charge in [0.2, 0.25) is 0 Å². The zero-order valence-corrected chi connectivity index (χ0v) is 10.4. The van der Waals surface area contributed by atoms with Crippen LogP contribution in [-0.2, 0) is 0 Å². The van der Waals surface area contributed by atoms with E-state index in [2.05, 4.69) is 4.98 Å². The predicted molar refractivity (Wildman–Crippen MR) is 66.6 cm³/mol. The molecule has 17 heavy (non-hydrogen) atoms. The van der Waals surface area contributed by atoms with Crippen molar-refractivity contribution >= 4 is 5.91 Å². The summed E-state index contributed by atoms with van der Waals surface area (Å²) in [6, 6.07) is 5.69. The summed E-state index contributed by atoms with van der Waals surface area (Å²) in [5.74, 6) is 0.445. The van der Waals surface area contributed by atoms with Gasteiger partial charge in [0.05, 0.1) is 0 Å². The first kappa shape index (κ1) is 12.0. The average molecular weight is 233 g/mol. The second-order valence-electron chi connectivity index (χ2n) is 4.82. The van der Waals surface area contributed by atoms with Gasteiger partial charge in [-0.15, -0.1) is 0 Å². The Labute approximate surface area is 102 Å². The Kier molecular flexibility index (Phi) is 3.43.